The highest BCUT2D eigenvalue weighted by Gasteiger charge is 2.20. The van der Waals surface area contributed by atoms with Crippen molar-refractivity contribution in [2.24, 2.45) is 0 Å². The molecule has 27 heavy (non-hydrogen) atoms. The minimum absolute atomic E-state index is 0.0694. The molecular weight excluding hydrogens is 338 g/mol. The Morgan fingerprint density at radius 3 is 2.11 bits per heavy atom. The van der Waals surface area contributed by atoms with Gasteiger partial charge in [0.1, 0.15) is 17.9 Å². The van der Waals surface area contributed by atoms with Crippen molar-refractivity contribution in [3.8, 4) is 23.6 Å². The summed E-state index contributed by atoms with van der Waals surface area (Å²) in [5.74, 6) is 1.28. The maximum absolute atomic E-state index is 9.38. The highest BCUT2D eigenvalue weighted by molar-refractivity contribution is 5.67. The van der Waals surface area contributed by atoms with Crippen LogP contribution in [0.15, 0.2) is 36.4 Å². The normalized spacial score (nSPS) is 14.3. The van der Waals surface area contributed by atoms with E-state index in [4.69, 9.17) is 9.47 Å². The van der Waals surface area contributed by atoms with Crippen molar-refractivity contribution in [2.45, 2.75) is 26.2 Å². The third-order valence-electron chi connectivity index (χ3n) is 4.64. The van der Waals surface area contributed by atoms with Gasteiger partial charge in [0.15, 0.2) is 5.75 Å². The van der Waals surface area contributed by atoms with Gasteiger partial charge in [0.25, 0.3) is 0 Å². The van der Waals surface area contributed by atoms with Gasteiger partial charge in [-0.2, -0.15) is 10.5 Å². The molecule has 0 saturated carbocycles. The molecule has 2 aromatic rings. The first kappa shape index (κ1) is 18.8. The van der Waals surface area contributed by atoms with Crippen molar-refractivity contribution in [3.05, 3.63) is 53.1 Å². The average Bonchev–Trinajstić information content (AvgIpc) is 2.68. The summed E-state index contributed by atoms with van der Waals surface area (Å²) < 4.78 is 11.6. The number of anilines is 1. The van der Waals surface area contributed by atoms with Gasteiger partial charge in [-0.25, -0.2) is 0 Å². The molecule has 0 unspecified atom stereocenters. The summed E-state index contributed by atoms with van der Waals surface area (Å²) in [4.78, 5) is 2.13. The Kier molecular flexibility index (Phi) is 5.35. The Hall–Kier alpha value is -3.02. The summed E-state index contributed by atoms with van der Waals surface area (Å²) in [6, 6.07) is 15.6. The van der Waals surface area contributed by atoms with Crippen molar-refractivity contribution >= 4 is 5.69 Å². The van der Waals surface area contributed by atoms with Crippen molar-refractivity contribution in [1.82, 2.24) is 0 Å². The van der Waals surface area contributed by atoms with E-state index in [9.17, 15) is 10.5 Å². The fourth-order valence-electron chi connectivity index (χ4n) is 3.04. The molecule has 1 aliphatic heterocycles. The Morgan fingerprint density at radius 1 is 0.963 bits per heavy atom. The zero-order valence-corrected chi connectivity index (χ0v) is 16.0. The molecule has 2 aromatic carbocycles. The van der Waals surface area contributed by atoms with E-state index in [1.54, 1.807) is 12.1 Å². The first-order valence-corrected chi connectivity index (χ1v) is 9.01. The monoisotopic (exact) mass is 361 g/mol. The zero-order chi connectivity index (χ0) is 19.4. The molecule has 0 aliphatic carbocycles. The molecule has 5 nitrogen and oxygen atoms in total. The molecule has 0 bridgehead atoms. The van der Waals surface area contributed by atoms with Gasteiger partial charge in [-0.05, 0) is 29.2 Å². The third-order valence-corrected chi connectivity index (χ3v) is 4.64. The van der Waals surface area contributed by atoms with Crippen LogP contribution in [0.25, 0.3) is 0 Å². The number of morpholine rings is 1. The van der Waals surface area contributed by atoms with Gasteiger partial charge >= 0.3 is 0 Å². The molecule has 0 atom stereocenters. The van der Waals surface area contributed by atoms with Crippen LogP contribution >= 0.6 is 0 Å². The molecule has 0 amide bonds. The van der Waals surface area contributed by atoms with E-state index in [0.29, 0.717) is 35.8 Å². The molecule has 1 aliphatic rings. The smallest absolute Gasteiger partial charge is 0.152 e. The van der Waals surface area contributed by atoms with E-state index in [1.165, 1.54) is 5.56 Å². The standard InChI is InChI=1S/C22H23N3O2/c1-22(2,3)18-4-6-19(7-5-18)27-21-13-17(15-24)16(14-23)12-20(21)25-8-10-26-11-9-25/h4-7,12-13H,8-11H2,1-3H3. The van der Waals surface area contributed by atoms with E-state index < -0.39 is 0 Å². The predicted octanol–water partition coefficient (Wildman–Crippen LogP) is 4.36. The van der Waals surface area contributed by atoms with Gasteiger partial charge in [-0.1, -0.05) is 32.9 Å². The van der Waals surface area contributed by atoms with Crippen molar-refractivity contribution in [1.29, 1.82) is 10.5 Å². The maximum atomic E-state index is 9.38. The molecule has 0 spiro atoms. The van der Waals surface area contributed by atoms with Crippen LogP contribution in [0.3, 0.4) is 0 Å². The molecule has 1 heterocycles. The molecule has 1 saturated heterocycles. The maximum Gasteiger partial charge on any atom is 0.152 e. The number of rotatable bonds is 3. The first-order chi connectivity index (χ1) is 12.9. The van der Waals surface area contributed by atoms with Gasteiger partial charge in [0.2, 0.25) is 0 Å². The summed E-state index contributed by atoms with van der Waals surface area (Å²) in [6.45, 7) is 9.19. The molecule has 1 fully saturated rings. The van der Waals surface area contributed by atoms with E-state index in [2.05, 4.69) is 49.9 Å². The topological polar surface area (TPSA) is 69.3 Å². The summed E-state index contributed by atoms with van der Waals surface area (Å²) in [5, 5.41) is 18.8. The molecule has 3 rings (SSSR count). The second-order valence-corrected chi connectivity index (χ2v) is 7.56. The quantitative estimate of drug-likeness (QED) is 0.812. The van der Waals surface area contributed by atoms with Gasteiger partial charge < -0.3 is 14.4 Å². The number of hydrogen-bond acceptors (Lipinski definition) is 5. The lowest BCUT2D eigenvalue weighted by molar-refractivity contribution is 0.122. The van der Waals surface area contributed by atoms with Crippen LogP contribution < -0.4 is 9.64 Å². The fraction of sp³-hybridized carbons (Fsp3) is 0.364. The van der Waals surface area contributed by atoms with Crippen LogP contribution in [-0.4, -0.2) is 26.3 Å². The largest absolute Gasteiger partial charge is 0.455 e. The lowest BCUT2D eigenvalue weighted by Crippen LogP contribution is -2.36. The minimum atomic E-state index is 0.0694. The van der Waals surface area contributed by atoms with Crippen LogP contribution in [0.2, 0.25) is 0 Å². The second-order valence-electron chi connectivity index (χ2n) is 7.56. The summed E-state index contributed by atoms with van der Waals surface area (Å²) in [7, 11) is 0. The molecular formula is C22H23N3O2. The second kappa shape index (κ2) is 7.70. The molecule has 0 radical (unpaired) electrons. The lowest BCUT2D eigenvalue weighted by Gasteiger charge is -2.30. The van der Waals surface area contributed by atoms with Crippen LogP contribution in [0.4, 0.5) is 5.69 Å². The zero-order valence-electron chi connectivity index (χ0n) is 16.0. The number of nitrogens with zero attached hydrogens (tertiary/aromatic N) is 3. The SMILES string of the molecule is CC(C)(C)c1ccc(Oc2cc(C#N)c(C#N)cc2N2CCOCC2)cc1. The number of ether oxygens (including phenoxy) is 2. The molecule has 5 heteroatoms. The van der Waals surface area contributed by atoms with Crippen LogP contribution in [0.5, 0.6) is 11.5 Å². The van der Waals surface area contributed by atoms with Gasteiger partial charge in [0, 0.05) is 19.2 Å². The van der Waals surface area contributed by atoms with E-state index in [-0.39, 0.29) is 5.41 Å². The Balaban J connectivity index is 1.97. The van der Waals surface area contributed by atoms with Crippen LogP contribution in [0, 0.1) is 22.7 Å². The van der Waals surface area contributed by atoms with Gasteiger partial charge in [0.05, 0.1) is 30.0 Å². The van der Waals surface area contributed by atoms with E-state index >= 15 is 0 Å². The lowest BCUT2D eigenvalue weighted by atomic mass is 9.87. The Morgan fingerprint density at radius 2 is 1.56 bits per heavy atom. The van der Waals surface area contributed by atoms with E-state index in [0.717, 1.165) is 18.8 Å². The highest BCUT2D eigenvalue weighted by Crippen LogP contribution is 2.36. The summed E-state index contributed by atoms with van der Waals surface area (Å²) >= 11 is 0. The minimum Gasteiger partial charge on any atom is -0.455 e. The van der Waals surface area contributed by atoms with Crippen LogP contribution in [-0.2, 0) is 10.2 Å². The fourth-order valence-corrected chi connectivity index (χ4v) is 3.04. The first-order valence-electron chi connectivity index (χ1n) is 9.01. The van der Waals surface area contributed by atoms with Crippen molar-refractivity contribution in [2.75, 3.05) is 31.2 Å². The van der Waals surface area contributed by atoms with Crippen molar-refractivity contribution < 1.29 is 9.47 Å². The average molecular weight is 361 g/mol. The van der Waals surface area contributed by atoms with E-state index in [1.807, 2.05) is 12.1 Å². The Bertz CT molecular complexity index is 893. The molecule has 138 valence electrons. The number of hydrogen-bond donors (Lipinski definition) is 0. The third kappa shape index (κ3) is 4.22. The Labute approximate surface area is 160 Å². The predicted molar refractivity (Wildman–Crippen MR) is 104 cm³/mol. The van der Waals surface area contributed by atoms with Crippen LogP contribution in [0.1, 0.15) is 37.5 Å². The summed E-state index contributed by atoms with van der Waals surface area (Å²) in [5.41, 5.74) is 2.78. The molecule has 0 N–H and O–H groups in total. The van der Waals surface area contributed by atoms with Gasteiger partial charge in [-0.15, -0.1) is 0 Å². The van der Waals surface area contributed by atoms with Crippen molar-refractivity contribution in [3.63, 3.8) is 0 Å². The van der Waals surface area contributed by atoms with Gasteiger partial charge in [-0.3, -0.25) is 0 Å². The highest BCUT2D eigenvalue weighted by atomic mass is 16.5. The number of benzene rings is 2. The number of nitriles is 2. The molecule has 0 aromatic heterocycles. The summed E-state index contributed by atoms with van der Waals surface area (Å²) in [6.07, 6.45) is 0.